The lowest BCUT2D eigenvalue weighted by atomic mass is 9.83. The Labute approximate surface area is 88.6 Å². The van der Waals surface area contributed by atoms with E-state index >= 15 is 0 Å². The van der Waals surface area contributed by atoms with Crippen molar-refractivity contribution in [3.8, 4) is 6.07 Å². The number of nitrogens with zero attached hydrogens (tertiary/aromatic N) is 2. The number of pyridine rings is 1. The molecule has 0 aromatic carbocycles. The Morgan fingerprint density at radius 2 is 2.36 bits per heavy atom. The molecule has 1 aromatic rings. The van der Waals surface area contributed by atoms with Crippen LogP contribution in [0.3, 0.4) is 0 Å². The Kier molecular flexibility index (Phi) is 2.25. The van der Waals surface area contributed by atoms with Gasteiger partial charge in [0.1, 0.15) is 16.9 Å². The molecule has 1 saturated heterocycles. The lowest BCUT2D eigenvalue weighted by Gasteiger charge is -2.34. The highest BCUT2D eigenvalue weighted by Crippen LogP contribution is 2.32. The van der Waals surface area contributed by atoms with Crippen LogP contribution >= 0.6 is 15.9 Å². The van der Waals surface area contributed by atoms with E-state index in [0.29, 0.717) is 4.47 Å². The van der Waals surface area contributed by atoms with E-state index in [1.807, 2.05) is 6.07 Å². The summed E-state index contributed by atoms with van der Waals surface area (Å²) in [6, 6.07) is 3.35. The normalized spacial score (nSPS) is 18.4. The lowest BCUT2D eigenvalue weighted by Crippen LogP contribution is -2.46. The third-order valence-corrected chi connectivity index (χ3v) is 2.61. The second-order valence-corrected chi connectivity index (χ2v) is 4.09. The molecule has 14 heavy (non-hydrogen) atoms. The number of rotatable bonds is 1. The van der Waals surface area contributed by atoms with Gasteiger partial charge in [-0.2, -0.15) is 5.26 Å². The molecule has 3 nitrogen and oxygen atoms in total. The van der Waals surface area contributed by atoms with Gasteiger partial charge in [-0.05, 0) is 22.0 Å². The molecule has 0 radical (unpaired) electrons. The number of halogens is 2. The third kappa shape index (κ3) is 1.31. The molecule has 0 aliphatic carbocycles. The van der Waals surface area contributed by atoms with E-state index in [4.69, 9.17) is 10.00 Å². The Bertz CT molecular complexity index is 412. The van der Waals surface area contributed by atoms with E-state index in [-0.39, 0.29) is 18.9 Å². The molecule has 2 heterocycles. The van der Waals surface area contributed by atoms with Crippen molar-refractivity contribution in [3.63, 3.8) is 0 Å². The molecule has 1 fully saturated rings. The van der Waals surface area contributed by atoms with Crippen molar-refractivity contribution < 1.29 is 9.13 Å². The minimum Gasteiger partial charge on any atom is -0.377 e. The third-order valence-electron chi connectivity index (χ3n) is 2.17. The van der Waals surface area contributed by atoms with Crippen molar-refractivity contribution in [3.05, 3.63) is 28.2 Å². The molecule has 5 heteroatoms. The first-order valence-corrected chi connectivity index (χ1v) is 4.78. The van der Waals surface area contributed by atoms with Gasteiger partial charge >= 0.3 is 0 Å². The predicted octanol–water partition coefficient (Wildman–Crippen LogP) is 1.77. The van der Waals surface area contributed by atoms with Crippen LogP contribution in [0.5, 0.6) is 0 Å². The van der Waals surface area contributed by atoms with E-state index < -0.39 is 11.2 Å². The Morgan fingerprint density at radius 3 is 2.79 bits per heavy atom. The summed E-state index contributed by atoms with van der Waals surface area (Å²) in [5.41, 5.74) is -0.709. The minimum absolute atomic E-state index is 0.175. The van der Waals surface area contributed by atoms with Gasteiger partial charge in [-0.15, -0.1) is 0 Å². The first kappa shape index (κ1) is 9.56. The summed E-state index contributed by atoms with van der Waals surface area (Å²) in [6.45, 7) is 0.435. The number of ether oxygens (including phenoxy) is 1. The molecule has 0 unspecified atom stereocenters. The molecule has 1 aliphatic rings. The lowest BCUT2D eigenvalue weighted by molar-refractivity contribution is -0.0334. The van der Waals surface area contributed by atoms with Crippen molar-refractivity contribution in [2.45, 2.75) is 5.41 Å². The van der Waals surface area contributed by atoms with Crippen LogP contribution in [0, 0.1) is 17.1 Å². The van der Waals surface area contributed by atoms with Gasteiger partial charge in [0.05, 0.1) is 19.3 Å². The van der Waals surface area contributed by atoms with Crippen LogP contribution < -0.4 is 0 Å². The largest absolute Gasteiger partial charge is 0.377 e. The second-order valence-electron chi connectivity index (χ2n) is 3.17. The monoisotopic (exact) mass is 256 g/mol. The Balaban J connectivity index is 2.46. The fraction of sp³-hybridized carbons (Fsp3) is 0.333. The number of hydrogen-bond acceptors (Lipinski definition) is 3. The maximum Gasteiger partial charge on any atom is 0.148 e. The van der Waals surface area contributed by atoms with E-state index in [2.05, 4.69) is 20.9 Å². The quantitative estimate of drug-likeness (QED) is 0.770. The Hall–Kier alpha value is -0.990. The van der Waals surface area contributed by atoms with Crippen molar-refractivity contribution in [1.29, 1.82) is 5.26 Å². The highest BCUT2D eigenvalue weighted by atomic mass is 79.9. The molecule has 2 rings (SSSR count). The molecular formula is C9H6BrFN2O. The van der Waals surface area contributed by atoms with Crippen molar-refractivity contribution in [2.24, 2.45) is 0 Å². The van der Waals surface area contributed by atoms with Gasteiger partial charge in [0.15, 0.2) is 0 Å². The zero-order chi connectivity index (χ0) is 10.2. The molecule has 0 bridgehead atoms. The summed E-state index contributed by atoms with van der Waals surface area (Å²) in [6.07, 6.45) is 1.48. The predicted molar refractivity (Wildman–Crippen MR) is 50.0 cm³/mol. The summed E-state index contributed by atoms with van der Waals surface area (Å²) in [4.78, 5) is 3.92. The highest BCUT2D eigenvalue weighted by molar-refractivity contribution is 9.10. The molecule has 1 aliphatic heterocycles. The number of aromatic nitrogens is 1. The topological polar surface area (TPSA) is 45.9 Å². The molecule has 0 saturated carbocycles. The van der Waals surface area contributed by atoms with Gasteiger partial charge in [0, 0.05) is 10.7 Å². The zero-order valence-electron chi connectivity index (χ0n) is 7.13. The van der Waals surface area contributed by atoms with Gasteiger partial charge in [0.2, 0.25) is 0 Å². The Morgan fingerprint density at radius 1 is 1.64 bits per heavy atom. The highest BCUT2D eigenvalue weighted by Gasteiger charge is 2.44. The van der Waals surface area contributed by atoms with Gasteiger partial charge < -0.3 is 4.74 Å². The molecule has 1 aromatic heterocycles. The van der Waals surface area contributed by atoms with Crippen LogP contribution in [0.1, 0.15) is 5.69 Å². The molecule has 72 valence electrons. The van der Waals surface area contributed by atoms with Gasteiger partial charge in [0.25, 0.3) is 0 Å². The van der Waals surface area contributed by atoms with E-state index in [0.717, 1.165) is 0 Å². The fourth-order valence-electron chi connectivity index (χ4n) is 1.33. The smallest absolute Gasteiger partial charge is 0.148 e. The van der Waals surface area contributed by atoms with Gasteiger partial charge in [-0.1, -0.05) is 0 Å². The fourth-order valence-corrected chi connectivity index (χ4v) is 1.63. The molecule has 0 amide bonds. The van der Waals surface area contributed by atoms with Crippen LogP contribution in [0.25, 0.3) is 0 Å². The summed E-state index contributed by atoms with van der Waals surface area (Å²) in [5, 5.41) is 8.94. The maximum absolute atomic E-state index is 13.5. The van der Waals surface area contributed by atoms with Gasteiger partial charge in [-0.3, -0.25) is 4.98 Å². The van der Waals surface area contributed by atoms with Crippen LogP contribution in [-0.4, -0.2) is 18.2 Å². The van der Waals surface area contributed by atoms with Crippen molar-refractivity contribution in [1.82, 2.24) is 4.98 Å². The van der Waals surface area contributed by atoms with Crippen LogP contribution in [0.15, 0.2) is 16.7 Å². The number of nitriles is 1. The van der Waals surface area contributed by atoms with Crippen LogP contribution in [-0.2, 0) is 10.2 Å². The molecule has 0 spiro atoms. The van der Waals surface area contributed by atoms with Crippen LogP contribution in [0.2, 0.25) is 0 Å². The van der Waals surface area contributed by atoms with Crippen molar-refractivity contribution in [2.75, 3.05) is 13.2 Å². The van der Waals surface area contributed by atoms with E-state index in [1.54, 1.807) is 0 Å². The van der Waals surface area contributed by atoms with E-state index in [9.17, 15) is 4.39 Å². The average molecular weight is 257 g/mol. The van der Waals surface area contributed by atoms with Crippen molar-refractivity contribution >= 4 is 15.9 Å². The molecular weight excluding hydrogens is 251 g/mol. The SMILES string of the molecule is N#CC1(c2ncc(Br)cc2F)COC1. The second kappa shape index (κ2) is 3.30. The number of hydrogen-bond donors (Lipinski definition) is 0. The summed E-state index contributed by atoms with van der Waals surface area (Å²) >= 11 is 3.11. The zero-order valence-corrected chi connectivity index (χ0v) is 8.71. The first-order valence-electron chi connectivity index (χ1n) is 3.98. The summed E-state index contributed by atoms with van der Waals surface area (Å²) in [5.74, 6) is -0.468. The van der Waals surface area contributed by atoms with Crippen LogP contribution in [0.4, 0.5) is 4.39 Å². The molecule has 0 N–H and O–H groups in total. The molecule has 0 atom stereocenters. The van der Waals surface area contributed by atoms with E-state index in [1.165, 1.54) is 12.3 Å². The summed E-state index contributed by atoms with van der Waals surface area (Å²) < 4.78 is 18.9. The average Bonchev–Trinajstić information content (AvgIpc) is 2.07. The maximum atomic E-state index is 13.5. The summed E-state index contributed by atoms with van der Waals surface area (Å²) in [7, 11) is 0. The minimum atomic E-state index is -0.884. The van der Waals surface area contributed by atoms with Gasteiger partial charge in [-0.25, -0.2) is 4.39 Å². The standard InChI is InChI=1S/C9H6BrFN2O/c10-6-1-7(11)8(13-2-6)9(3-12)4-14-5-9/h1-2H,4-5H2. The first-order chi connectivity index (χ1) is 6.68.